The molecule has 0 fully saturated rings. The van der Waals surface area contributed by atoms with Crippen molar-refractivity contribution >= 4 is 46.0 Å². The Bertz CT molecular complexity index is 1870. The molecular formula is C30H18N4O5. The van der Waals surface area contributed by atoms with Crippen molar-refractivity contribution in [3.05, 3.63) is 140 Å². The van der Waals surface area contributed by atoms with E-state index in [1.807, 2.05) is 0 Å². The van der Waals surface area contributed by atoms with Gasteiger partial charge in [-0.15, -0.1) is 0 Å². The lowest BCUT2D eigenvalue weighted by Crippen LogP contribution is -2.22. The third kappa shape index (κ3) is 4.17. The van der Waals surface area contributed by atoms with E-state index in [0.29, 0.717) is 27.8 Å². The number of carbonyl (C=O) groups excluding carboxylic acids is 3. The molecule has 0 saturated heterocycles. The van der Waals surface area contributed by atoms with Crippen LogP contribution in [0.5, 0.6) is 0 Å². The van der Waals surface area contributed by atoms with E-state index >= 15 is 0 Å². The fourth-order valence-electron chi connectivity index (χ4n) is 4.62. The van der Waals surface area contributed by atoms with Crippen molar-refractivity contribution in [3.63, 3.8) is 0 Å². The number of rotatable bonds is 5. The summed E-state index contributed by atoms with van der Waals surface area (Å²) in [5, 5.41) is 14.1. The molecule has 4 aromatic carbocycles. The molecule has 1 heterocycles. The number of benzene rings is 4. The highest BCUT2D eigenvalue weighted by Crippen LogP contribution is 2.32. The second-order valence-corrected chi connectivity index (χ2v) is 8.90. The van der Waals surface area contributed by atoms with Crippen LogP contribution < -0.4 is 5.32 Å². The van der Waals surface area contributed by atoms with E-state index in [0.717, 1.165) is 0 Å². The molecule has 1 aliphatic rings. The molecule has 6 rings (SSSR count). The van der Waals surface area contributed by atoms with Crippen molar-refractivity contribution in [3.8, 4) is 0 Å². The quantitative estimate of drug-likeness (QED) is 0.241. The average Bonchev–Trinajstić information content (AvgIpc) is 3.40. The van der Waals surface area contributed by atoms with Crippen LogP contribution in [0.25, 0.3) is 22.8 Å². The molecule has 1 aliphatic carbocycles. The molecular weight excluding hydrogens is 496 g/mol. The first-order valence-corrected chi connectivity index (χ1v) is 11.9. The summed E-state index contributed by atoms with van der Waals surface area (Å²) >= 11 is 0. The van der Waals surface area contributed by atoms with E-state index in [-0.39, 0.29) is 45.4 Å². The molecule has 2 N–H and O–H groups in total. The number of imidazole rings is 1. The minimum atomic E-state index is -0.506. The number of aromatic amines is 1. The topological polar surface area (TPSA) is 135 Å². The van der Waals surface area contributed by atoms with Crippen LogP contribution in [0, 0.1) is 10.1 Å². The lowest BCUT2D eigenvalue weighted by Gasteiger charge is -2.17. The number of hydrogen-bond donors (Lipinski definition) is 2. The zero-order valence-electron chi connectivity index (χ0n) is 20.2. The minimum absolute atomic E-state index is 0.112. The van der Waals surface area contributed by atoms with Crippen LogP contribution >= 0.6 is 0 Å². The van der Waals surface area contributed by atoms with Gasteiger partial charge in [-0.05, 0) is 35.9 Å². The van der Waals surface area contributed by atoms with Gasteiger partial charge in [-0.2, -0.15) is 0 Å². The van der Waals surface area contributed by atoms with Crippen LogP contribution in [0.3, 0.4) is 0 Å². The maximum atomic E-state index is 13.4. The van der Waals surface area contributed by atoms with Crippen LogP contribution in [0.15, 0.2) is 91.0 Å². The average molecular weight is 514 g/mol. The van der Waals surface area contributed by atoms with E-state index in [2.05, 4.69) is 15.3 Å². The lowest BCUT2D eigenvalue weighted by molar-refractivity contribution is -0.384. The van der Waals surface area contributed by atoms with E-state index in [4.69, 9.17) is 0 Å². The van der Waals surface area contributed by atoms with Crippen molar-refractivity contribution in [1.82, 2.24) is 15.3 Å². The van der Waals surface area contributed by atoms with Gasteiger partial charge in [-0.1, -0.05) is 54.6 Å². The number of non-ortho nitro benzene ring substituents is 1. The smallest absolute Gasteiger partial charge is 0.270 e. The lowest BCUT2D eigenvalue weighted by atomic mass is 9.83. The maximum absolute atomic E-state index is 13.4. The van der Waals surface area contributed by atoms with E-state index in [1.54, 1.807) is 78.9 Å². The second kappa shape index (κ2) is 9.31. The van der Waals surface area contributed by atoms with Crippen molar-refractivity contribution in [2.75, 3.05) is 0 Å². The molecule has 0 radical (unpaired) electrons. The number of fused-ring (bicyclic) bond motifs is 4. The molecule has 0 atom stereocenters. The Balaban J connectivity index is 1.49. The van der Waals surface area contributed by atoms with Crippen LogP contribution in [-0.4, -0.2) is 32.4 Å². The normalized spacial score (nSPS) is 12.7. The predicted octanol–water partition coefficient (Wildman–Crippen LogP) is 5.17. The third-order valence-corrected chi connectivity index (χ3v) is 6.47. The van der Waals surface area contributed by atoms with E-state index < -0.39 is 10.8 Å². The fraction of sp³-hybridized carbons (Fsp3) is 0. The molecule has 9 nitrogen and oxygen atoms in total. The molecule has 39 heavy (non-hydrogen) atoms. The predicted molar refractivity (Wildman–Crippen MR) is 144 cm³/mol. The Morgan fingerprint density at radius 2 is 1.56 bits per heavy atom. The first-order valence-electron chi connectivity index (χ1n) is 11.9. The van der Waals surface area contributed by atoms with Gasteiger partial charge in [0, 0.05) is 34.4 Å². The Morgan fingerprint density at radius 1 is 0.846 bits per heavy atom. The number of nitrogens with zero attached hydrogens (tertiary/aromatic N) is 2. The van der Waals surface area contributed by atoms with Crippen molar-refractivity contribution in [2.24, 2.45) is 0 Å². The Kier molecular flexibility index (Phi) is 5.65. The Labute approximate surface area is 221 Å². The number of nitro benzene ring substituents is 1. The standard InChI is InChI=1S/C30H18N4O5/c35-27-20-11-4-5-12-21(20)28(36)25-22(27)13-14-23-26(25)33-29(31-23)24(32-30(37)18-8-2-1-3-9-18)16-17-7-6-10-19(15-17)34(38)39/h1-16H,(H,31,33)(H,32,37). The Hall–Kier alpha value is -5.70. The number of nitro groups is 1. The summed E-state index contributed by atoms with van der Waals surface area (Å²) in [4.78, 5) is 58.2. The van der Waals surface area contributed by atoms with Crippen molar-refractivity contribution in [1.29, 1.82) is 0 Å². The Morgan fingerprint density at radius 3 is 2.31 bits per heavy atom. The number of nitrogens with one attached hydrogen (secondary N) is 2. The summed E-state index contributed by atoms with van der Waals surface area (Å²) in [6, 6.07) is 24.4. The molecule has 188 valence electrons. The van der Waals surface area contributed by atoms with Crippen LogP contribution in [0.1, 0.15) is 53.6 Å². The molecule has 0 saturated carbocycles. The number of aromatic nitrogens is 2. The van der Waals surface area contributed by atoms with Gasteiger partial charge in [0.15, 0.2) is 17.4 Å². The van der Waals surface area contributed by atoms with Gasteiger partial charge in [0.1, 0.15) is 5.52 Å². The SMILES string of the molecule is O=C(NC(=Cc1cccc([N+](=O)[O-])c1)c1nc2c3c(ccc2[nH]1)C(=O)c1ccccc1C3=O)c1ccccc1. The third-order valence-electron chi connectivity index (χ3n) is 6.47. The maximum Gasteiger partial charge on any atom is 0.270 e. The van der Waals surface area contributed by atoms with Gasteiger partial charge < -0.3 is 10.3 Å². The second-order valence-electron chi connectivity index (χ2n) is 8.90. The van der Waals surface area contributed by atoms with E-state index in [9.17, 15) is 24.5 Å². The number of amides is 1. The number of ketones is 2. The van der Waals surface area contributed by atoms with Gasteiger partial charge in [-0.3, -0.25) is 24.5 Å². The number of H-pyrrole nitrogens is 1. The number of carbonyl (C=O) groups is 3. The summed E-state index contributed by atoms with van der Waals surface area (Å²) in [6.07, 6.45) is 1.56. The van der Waals surface area contributed by atoms with E-state index in [1.165, 1.54) is 18.2 Å². The van der Waals surface area contributed by atoms with Gasteiger partial charge in [-0.25, -0.2) is 4.98 Å². The number of hydrogen-bond acceptors (Lipinski definition) is 6. The van der Waals surface area contributed by atoms with Gasteiger partial charge in [0.05, 0.1) is 21.7 Å². The van der Waals surface area contributed by atoms with Crippen molar-refractivity contribution in [2.45, 2.75) is 0 Å². The molecule has 1 aromatic heterocycles. The zero-order chi connectivity index (χ0) is 27.1. The van der Waals surface area contributed by atoms with Gasteiger partial charge in [0.2, 0.25) is 0 Å². The van der Waals surface area contributed by atoms with Crippen LogP contribution in [0.4, 0.5) is 5.69 Å². The largest absolute Gasteiger partial charge is 0.337 e. The highest BCUT2D eigenvalue weighted by atomic mass is 16.6. The molecule has 5 aromatic rings. The highest BCUT2D eigenvalue weighted by Gasteiger charge is 2.32. The molecule has 1 amide bonds. The minimum Gasteiger partial charge on any atom is -0.337 e. The van der Waals surface area contributed by atoms with Gasteiger partial charge >= 0.3 is 0 Å². The van der Waals surface area contributed by atoms with Gasteiger partial charge in [0.25, 0.3) is 11.6 Å². The molecule has 0 unspecified atom stereocenters. The molecule has 9 heteroatoms. The molecule has 0 spiro atoms. The van der Waals surface area contributed by atoms with Crippen LogP contribution in [0.2, 0.25) is 0 Å². The molecule has 0 bridgehead atoms. The summed E-state index contributed by atoms with van der Waals surface area (Å²) in [7, 11) is 0. The summed E-state index contributed by atoms with van der Waals surface area (Å²) in [5.74, 6) is -0.791. The monoisotopic (exact) mass is 514 g/mol. The summed E-state index contributed by atoms with van der Waals surface area (Å²) < 4.78 is 0. The van der Waals surface area contributed by atoms with Crippen LogP contribution in [-0.2, 0) is 0 Å². The first kappa shape index (κ1) is 23.7. The highest BCUT2D eigenvalue weighted by molar-refractivity contribution is 6.31. The van der Waals surface area contributed by atoms with Crippen molar-refractivity contribution < 1.29 is 19.3 Å². The summed E-state index contributed by atoms with van der Waals surface area (Å²) in [6.45, 7) is 0. The molecule has 0 aliphatic heterocycles. The zero-order valence-corrected chi connectivity index (χ0v) is 20.2. The summed E-state index contributed by atoms with van der Waals surface area (Å²) in [5.41, 5.74) is 2.82. The fourth-order valence-corrected chi connectivity index (χ4v) is 4.62. The first-order chi connectivity index (χ1) is 18.9.